The first kappa shape index (κ1) is 15.9. The Morgan fingerprint density at radius 2 is 1.26 bits per heavy atom. The highest BCUT2D eigenvalue weighted by molar-refractivity contribution is 7.79. The summed E-state index contributed by atoms with van der Waals surface area (Å²) in [4.78, 5) is 5.23. The zero-order valence-electron chi connectivity index (χ0n) is 8.51. The van der Waals surface area contributed by atoms with E-state index in [0.717, 1.165) is 0 Å². The molecule has 0 atom stereocenters. The van der Waals surface area contributed by atoms with Crippen molar-refractivity contribution in [3.8, 4) is 0 Å². The second-order valence-corrected chi connectivity index (χ2v) is 2.85. The van der Waals surface area contributed by atoms with E-state index in [2.05, 4.69) is 51.2 Å². The van der Waals surface area contributed by atoms with Crippen molar-refractivity contribution < 1.29 is 17.5 Å². The van der Waals surface area contributed by atoms with E-state index in [4.69, 9.17) is 28.3 Å². The molecule has 0 radical (unpaired) electrons. The first-order chi connectivity index (χ1) is 8.86. The van der Waals surface area contributed by atoms with Crippen LogP contribution in [0.5, 0.6) is 0 Å². The van der Waals surface area contributed by atoms with E-state index < -0.39 is 10.4 Å². The topological polar surface area (TPSA) is 245 Å². The number of tetrazole rings is 2. The van der Waals surface area contributed by atoms with Gasteiger partial charge in [0.1, 0.15) is 0 Å². The smallest absolute Gasteiger partial charge is 0.606 e. The van der Waals surface area contributed by atoms with E-state index in [1.54, 1.807) is 0 Å². The van der Waals surface area contributed by atoms with Gasteiger partial charge in [-0.25, -0.2) is 0 Å². The van der Waals surface area contributed by atoms with Gasteiger partial charge in [0.2, 0.25) is 0 Å². The van der Waals surface area contributed by atoms with E-state index in [0.29, 0.717) is 0 Å². The Hall–Kier alpha value is -3.15. The van der Waals surface area contributed by atoms with Crippen molar-refractivity contribution in [1.29, 1.82) is 10.8 Å². The third-order valence-corrected chi connectivity index (χ3v) is 0.847. The number of hydrogen-bond acceptors (Lipinski definition) is 12. The van der Waals surface area contributed by atoms with Gasteiger partial charge < -0.3 is 9.11 Å². The molecule has 2 rings (SSSR count). The van der Waals surface area contributed by atoms with Crippen molar-refractivity contribution in [1.82, 2.24) is 41.2 Å². The van der Waals surface area contributed by atoms with E-state index >= 15 is 0 Å². The van der Waals surface area contributed by atoms with Gasteiger partial charge in [0, 0.05) is 20.8 Å². The number of hydrogen-bond donors (Lipinski definition) is 2. The average molecular weight is 290 g/mol. The molecule has 0 bridgehead atoms. The summed E-state index contributed by atoms with van der Waals surface area (Å²) in [6.45, 7) is 0. The number of rotatable bonds is 0. The summed E-state index contributed by atoms with van der Waals surface area (Å²) in [6.07, 6.45) is 0. The largest absolute Gasteiger partial charge is 0.759 e. The Kier molecular flexibility index (Phi) is 6.69. The Morgan fingerprint density at radius 3 is 1.37 bits per heavy atom. The molecule has 0 aliphatic carbocycles. The van der Waals surface area contributed by atoms with E-state index in [1.807, 2.05) is 0 Å². The monoisotopic (exact) mass is 290 g/mol. The summed E-state index contributed by atoms with van der Waals surface area (Å²) in [7, 11) is -5.17. The van der Waals surface area contributed by atoms with Crippen LogP contribution in [0.25, 0.3) is 9.95 Å². The Labute approximate surface area is 103 Å². The fourth-order valence-corrected chi connectivity index (χ4v) is 0.398. The lowest BCUT2D eigenvalue weighted by Crippen LogP contribution is -1.91. The molecule has 17 heteroatoms. The van der Waals surface area contributed by atoms with Gasteiger partial charge in [-0.3, -0.25) is 8.42 Å². The highest BCUT2D eigenvalue weighted by Crippen LogP contribution is 1.92. The molecule has 0 spiro atoms. The molecule has 0 fully saturated rings. The van der Waals surface area contributed by atoms with Crippen LogP contribution in [-0.2, 0) is 10.4 Å². The van der Waals surface area contributed by atoms with Crippen molar-refractivity contribution in [2.24, 2.45) is 0 Å². The van der Waals surface area contributed by atoms with Crippen molar-refractivity contribution in [3.63, 3.8) is 0 Å². The van der Waals surface area contributed by atoms with Crippen LogP contribution in [0.1, 0.15) is 0 Å². The molecule has 0 saturated carbocycles. The molecule has 0 aliphatic rings. The van der Waals surface area contributed by atoms with Crippen LogP contribution in [0.3, 0.4) is 0 Å². The molecule has 0 aliphatic heterocycles. The van der Waals surface area contributed by atoms with Crippen LogP contribution < -0.4 is 0 Å². The summed E-state index contributed by atoms with van der Waals surface area (Å²) < 4.78 is 34.1. The molecular formula is C2H2N12O4S. The Balaban J connectivity index is 0.000000261. The predicted molar refractivity (Wildman–Crippen MR) is 48.3 cm³/mol. The zero-order valence-corrected chi connectivity index (χ0v) is 9.33. The zero-order chi connectivity index (χ0) is 14.7. The Morgan fingerprint density at radius 1 is 0.947 bits per heavy atom. The van der Waals surface area contributed by atoms with Crippen molar-refractivity contribution in [2.45, 2.75) is 0 Å². The predicted octanol–water partition coefficient (Wildman–Crippen LogP) is -1.97. The normalized spacial score (nSPS) is 8.84. The number of diazo groups is 2. The van der Waals surface area contributed by atoms with Gasteiger partial charge in [-0.2, -0.15) is 0 Å². The van der Waals surface area contributed by atoms with Gasteiger partial charge in [0.15, 0.2) is 0 Å². The maximum atomic E-state index is 8.52. The molecular weight excluding hydrogens is 288 g/mol. The highest BCUT2D eigenvalue weighted by Gasteiger charge is 2.06. The Bertz CT molecular complexity index is 577. The fourth-order valence-electron chi connectivity index (χ4n) is 0.398. The van der Waals surface area contributed by atoms with Crippen molar-refractivity contribution in [3.05, 3.63) is 9.95 Å². The summed E-state index contributed by atoms with van der Waals surface area (Å²) in [6, 6.07) is 0. The second kappa shape index (κ2) is 8.02. The minimum absolute atomic E-state index is 0.0556. The quantitative estimate of drug-likeness (QED) is 0.304. The van der Waals surface area contributed by atoms with Crippen molar-refractivity contribution in [2.75, 3.05) is 0 Å². The first-order valence-corrected chi connectivity index (χ1v) is 5.04. The molecule has 0 amide bonds. The summed E-state index contributed by atoms with van der Waals surface area (Å²) in [5.41, 5.74) is 0. The van der Waals surface area contributed by atoms with Gasteiger partial charge in [0.05, 0.1) is 31.2 Å². The molecule has 2 aromatic heterocycles. The molecule has 19 heavy (non-hydrogen) atoms. The van der Waals surface area contributed by atoms with Crippen LogP contribution in [-0.4, -0.2) is 58.8 Å². The van der Waals surface area contributed by atoms with Crippen molar-refractivity contribution >= 4 is 22.3 Å². The maximum absolute atomic E-state index is 8.52. The summed E-state index contributed by atoms with van der Waals surface area (Å²) >= 11 is 0. The number of aromatic amines is 2. The third-order valence-electron chi connectivity index (χ3n) is 0.847. The van der Waals surface area contributed by atoms with Crippen LogP contribution in [0.4, 0.5) is 11.9 Å². The average Bonchev–Trinajstić information content (AvgIpc) is 3.01. The van der Waals surface area contributed by atoms with Crippen LogP contribution in [0, 0.1) is 10.8 Å². The minimum atomic E-state index is -5.17. The molecule has 0 saturated heterocycles. The molecule has 0 unspecified atom stereocenters. The van der Waals surface area contributed by atoms with E-state index in [9.17, 15) is 0 Å². The minimum Gasteiger partial charge on any atom is -0.759 e. The van der Waals surface area contributed by atoms with Gasteiger partial charge >= 0.3 is 11.9 Å². The fraction of sp³-hybridized carbons (Fsp3) is 0. The standard InChI is InChI=1S/2CHN6.H2O4S/c2*2-3-1-4-6-7-5-1;1-5(2,3)4/h2*(H,4,5,6,7);(H2,1,2,3,4)/q2*+1;/p-2. The number of nitrogens with zero attached hydrogens (tertiary/aromatic N) is 10. The molecule has 100 valence electrons. The van der Waals surface area contributed by atoms with E-state index in [1.165, 1.54) is 0 Å². The summed E-state index contributed by atoms with van der Waals surface area (Å²) in [5.74, 6) is -0.111. The van der Waals surface area contributed by atoms with Crippen LogP contribution >= 0.6 is 0 Å². The van der Waals surface area contributed by atoms with Crippen LogP contribution in [0.2, 0.25) is 0 Å². The first-order valence-electron chi connectivity index (χ1n) is 3.70. The van der Waals surface area contributed by atoms with Gasteiger partial charge in [-0.1, -0.05) is 10.4 Å². The molecule has 0 aromatic carbocycles. The molecule has 2 heterocycles. The maximum Gasteiger partial charge on any atom is 0.606 e. The SMILES string of the molecule is N#[N+]c1nn[nH]n1.N#[N+]c1nn[nH]n1.O=S(=O)([O-])[O-]. The van der Waals surface area contributed by atoms with Gasteiger partial charge in [-0.05, 0) is 9.95 Å². The third kappa shape index (κ3) is 11.1. The lowest BCUT2D eigenvalue weighted by molar-refractivity contribution is 0.352. The number of nitrogens with one attached hydrogen (secondary N) is 2. The van der Waals surface area contributed by atoms with Gasteiger partial charge in [-0.15, -0.1) is 0 Å². The van der Waals surface area contributed by atoms with E-state index in [-0.39, 0.29) is 11.9 Å². The lowest BCUT2D eigenvalue weighted by atomic mass is 11.1. The highest BCUT2D eigenvalue weighted by atomic mass is 32.3. The molecule has 2 aromatic rings. The summed E-state index contributed by atoms with van der Waals surface area (Å²) in [5, 5.41) is 39.2. The van der Waals surface area contributed by atoms with Crippen LogP contribution in [0.15, 0.2) is 0 Å². The van der Waals surface area contributed by atoms with Gasteiger partial charge in [0.25, 0.3) is 0 Å². The lowest BCUT2D eigenvalue weighted by Gasteiger charge is -2.06. The number of aromatic nitrogens is 8. The molecule has 16 nitrogen and oxygen atoms in total. The second-order valence-electron chi connectivity index (χ2n) is 2.03. The molecule has 2 N–H and O–H groups in total. The number of H-pyrrole nitrogens is 2.